The quantitative estimate of drug-likeness (QED) is 0.363. The molecule has 9 nitrogen and oxygen atoms in total. The molecule has 0 atom stereocenters. The number of piperidine rings is 1. The van der Waals surface area contributed by atoms with E-state index in [2.05, 4.69) is 22.0 Å². The number of aromatic amines is 1. The molecule has 1 saturated heterocycles. The highest BCUT2D eigenvalue weighted by Crippen LogP contribution is 2.27. The predicted octanol–water partition coefficient (Wildman–Crippen LogP) is 3.39. The fourth-order valence-corrected chi connectivity index (χ4v) is 6.82. The third-order valence-electron chi connectivity index (χ3n) is 7.73. The second kappa shape index (κ2) is 11.0. The van der Waals surface area contributed by atoms with Crippen molar-refractivity contribution in [2.24, 2.45) is 7.05 Å². The fourth-order valence-electron chi connectivity index (χ4n) is 5.41. The number of sulfonamides is 1. The van der Waals surface area contributed by atoms with E-state index in [1.807, 2.05) is 25.1 Å². The van der Waals surface area contributed by atoms with Gasteiger partial charge in [0.1, 0.15) is 5.52 Å². The van der Waals surface area contributed by atoms with Crippen molar-refractivity contribution in [3.63, 3.8) is 0 Å². The van der Waals surface area contributed by atoms with Crippen LogP contribution in [0.4, 0.5) is 0 Å². The third-order valence-corrected chi connectivity index (χ3v) is 9.66. The Labute approximate surface area is 228 Å². The van der Waals surface area contributed by atoms with Crippen LogP contribution in [-0.4, -0.2) is 57.9 Å². The van der Waals surface area contributed by atoms with Gasteiger partial charge in [-0.2, -0.15) is 4.31 Å². The van der Waals surface area contributed by atoms with Crippen LogP contribution in [0.2, 0.25) is 0 Å². The van der Waals surface area contributed by atoms with Gasteiger partial charge in [-0.15, -0.1) is 0 Å². The van der Waals surface area contributed by atoms with Gasteiger partial charge in [0.25, 0.3) is 5.56 Å². The van der Waals surface area contributed by atoms with Gasteiger partial charge in [0.05, 0.1) is 10.4 Å². The molecule has 10 heteroatoms. The Morgan fingerprint density at radius 3 is 2.31 bits per heavy atom. The Morgan fingerprint density at radius 1 is 1.00 bits per heavy atom. The highest BCUT2D eigenvalue weighted by Gasteiger charge is 2.31. The fraction of sp³-hybridized carbons (Fsp3) is 0.379. The zero-order valence-electron chi connectivity index (χ0n) is 22.6. The maximum atomic E-state index is 13.5. The lowest BCUT2D eigenvalue weighted by molar-refractivity contribution is 0.164. The summed E-state index contributed by atoms with van der Waals surface area (Å²) in [4.78, 5) is 31.1. The molecule has 2 aromatic carbocycles. The Morgan fingerprint density at radius 2 is 1.67 bits per heavy atom. The SMILES string of the molecule is CCCn1c(=O)n(C)c(=O)c2[nH]c(-c3ccc(S(=O)(=O)N(C)C4CCN(Cc5ccccc5)CC4)cc3)cc21. The highest BCUT2D eigenvalue weighted by molar-refractivity contribution is 7.89. The van der Waals surface area contributed by atoms with E-state index in [0.717, 1.165) is 49.0 Å². The smallest absolute Gasteiger partial charge is 0.331 e. The average molecular weight is 550 g/mol. The number of hydrogen-bond acceptors (Lipinski definition) is 5. The summed E-state index contributed by atoms with van der Waals surface area (Å²) in [5, 5.41) is 0. The van der Waals surface area contributed by atoms with Crippen molar-refractivity contribution in [3.05, 3.63) is 87.1 Å². The lowest BCUT2D eigenvalue weighted by Gasteiger charge is -2.36. The van der Waals surface area contributed by atoms with E-state index < -0.39 is 10.0 Å². The zero-order valence-corrected chi connectivity index (χ0v) is 23.4. The molecule has 4 aromatic rings. The third kappa shape index (κ3) is 5.24. The summed E-state index contributed by atoms with van der Waals surface area (Å²) in [6, 6.07) is 18.7. The first kappa shape index (κ1) is 27.1. The molecule has 0 unspecified atom stereocenters. The number of aryl methyl sites for hydroxylation is 1. The van der Waals surface area contributed by atoms with Crippen LogP contribution in [0.15, 0.2) is 75.1 Å². The van der Waals surface area contributed by atoms with Crippen LogP contribution in [0.3, 0.4) is 0 Å². The molecular weight excluding hydrogens is 514 g/mol. The predicted molar refractivity (Wildman–Crippen MR) is 153 cm³/mol. The second-order valence-corrected chi connectivity index (χ2v) is 12.3. The molecule has 1 aliphatic heterocycles. The molecule has 2 aromatic heterocycles. The molecule has 0 radical (unpaired) electrons. The van der Waals surface area contributed by atoms with E-state index in [4.69, 9.17) is 0 Å². The van der Waals surface area contributed by atoms with Crippen molar-refractivity contribution in [3.8, 4) is 11.3 Å². The van der Waals surface area contributed by atoms with E-state index in [9.17, 15) is 18.0 Å². The molecule has 0 aliphatic carbocycles. The standard InChI is InChI=1S/C29H35N5O4S/c1-4-16-34-26-19-25(30-27(26)28(35)31(2)29(34)36)22-10-12-24(13-11-22)39(37,38)32(3)23-14-17-33(18-15-23)20-21-8-6-5-7-9-21/h5-13,19,23,30H,4,14-18,20H2,1-3H3. The molecule has 0 saturated carbocycles. The summed E-state index contributed by atoms with van der Waals surface area (Å²) in [6.45, 7) is 5.04. The number of nitrogens with one attached hydrogen (secondary N) is 1. The molecule has 0 bridgehead atoms. The van der Waals surface area contributed by atoms with E-state index in [0.29, 0.717) is 23.3 Å². The lowest BCUT2D eigenvalue weighted by Crippen LogP contribution is -2.45. The van der Waals surface area contributed by atoms with Gasteiger partial charge in [0.15, 0.2) is 0 Å². The lowest BCUT2D eigenvalue weighted by atomic mass is 10.0. The average Bonchev–Trinajstić information content (AvgIpc) is 3.40. The summed E-state index contributed by atoms with van der Waals surface area (Å²) in [5.41, 5.74) is 2.83. The van der Waals surface area contributed by atoms with Gasteiger partial charge >= 0.3 is 5.69 Å². The minimum atomic E-state index is -3.66. The largest absolute Gasteiger partial charge is 0.349 e. The minimum absolute atomic E-state index is 0.0538. The number of likely N-dealkylation sites (tertiary alicyclic amines) is 1. The van der Waals surface area contributed by atoms with E-state index in [1.165, 1.54) is 16.9 Å². The highest BCUT2D eigenvalue weighted by atomic mass is 32.2. The Bertz CT molecular complexity index is 1680. The molecule has 1 N–H and O–H groups in total. The number of rotatable bonds is 8. The first-order valence-electron chi connectivity index (χ1n) is 13.4. The monoisotopic (exact) mass is 549 g/mol. The van der Waals surface area contributed by atoms with Crippen LogP contribution in [-0.2, 0) is 30.2 Å². The molecule has 1 aliphatic rings. The Kier molecular flexibility index (Phi) is 7.61. The second-order valence-electron chi connectivity index (χ2n) is 10.3. The van der Waals surface area contributed by atoms with Crippen molar-refractivity contribution in [2.45, 2.75) is 50.2 Å². The van der Waals surface area contributed by atoms with Gasteiger partial charge in [-0.05, 0) is 48.6 Å². The first-order valence-corrected chi connectivity index (χ1v) is 14.8. The summed E-state index contributed by atoms with van der Waals surface area (Å²) in [5.74, 6) is 0. The number of aromatic nitrogens is 3. The molecule has 1 fully saturated rings. The molecule has 0 amide bonds. The number of H-pyrrole nitrogens is 1. The van der Waals surface area contributed by atoms with Crippen molar-refractivity contribution in [1.82, 2.24) is 23.3 Å². The van der Waals surface area contributed by atoms with Crippen LogP contribution in [0, 0.1) is 0 Å². The van der Waals surface area contributed by atoms with Crippen LogP contribution in [0.5, 0.6) is 0 Å². The van der Waals surface area contributed by atoms with E-state index >= 15 is 0 Å². The van der Waals surface area contributed by atoms with E-state index in [-0.39, 0.29) is 22.2 Å². The Hall–Kier alpha value is -3.47. The van der Waals surface area contributed by atoms with Gasteiger partial charge in [-0.25, -0.2) is 13.2 Å². The van der Waals surface area contributed by atoms with Crippen LogP contribution < -0.4 is 11.2 Å². The normalized spacial score (nSPS) is 15.4. The number of hydrogen-bond donors (Lipinski definition) is 1. The summed E-state index contributed by atoms with van der Waals surface area (Å²) in [6.07, 6.45) is 2.31. The first-order chi connectivity index (χ1) is 18.7. The van der Waals surface area contributed by atoms with Crippen LogP contribution in [0.25, 0.3) is 22.3 Å². The molecule has 5 rings (SSSR count). The van der Waals surface area contributed by atoms with E-state index in [1.54, 1.807) is 41.9 Å². The molecule has 3 heterocycles. The van der Waals surface area contributed by atoms with Gasteiger partial charge < -0.3 is 4.98 Å². The van der Waals surface area contributed by atoms with Crippen molar-refractivity contribution < 1.29 is 8.42 Å². The maximum absolute atomic E-state index is 13.5. The van der Waals surface area contributed by atoms with Crippen molar-refractivity contribution >= 4 is 21.1 Å². The maximum Gasteiger partial charge on any atom is 0.331 e. The van der Waals surface area contributed by atoms with Gasteiger partial charge in [-0.3, -0.25) is 18.8 Å². The topological polar surface area (TPSA) is 100 Å². The van der Waals surface area contributed by atoms with Crippen LogP contribution >= 0.6 is 0 Å². The molecule has 39 heavy (non-hydrogen) atoms. The van der Waals surface area contributed by atoms with Gasteiger partial charge in [0.2, 0.25) is 10.0 Å². The summed E-state index contributed by atoms with van der Waals surface area (Å²) < 4.78 is 31.1. The van der Waals surface area contributed by atoms with Gasteiger partial charge in [0, 0.05) is 52.0 Å². The van der Waals surface area contributed by atoms with Gasteiger partial charge in [-0.1, -0.05) is 49.4 Å². The molecular formula is C29H35N5O4S. The molecule has 206 valence electrons. The van der Waals surface area contributed by atoms with Crippen LogP contribution in [0.1, 0.15) is 31.7 Å². The summed E-state index contributed by atoms with van der Waals surface area (Å²) in [7, 11) is -0.525. The Balaban J connectivity index is 1.32. The van der Waals surface area contributed by atoms with Crippen molar-refractivity contribution in [1.29, 1.82) is 0 Å². The number of benzene rings is 2. The summed E-state index contributed by atoms with van der Waals surface area (Å²) >= 11 is 0. The number of nitrogens with zero attached hydrogens (tertiary/aromatic N) is 4. The minimum Gasteiger partial charge on any atom is -0.349 e. The molecule has 0 spiro atoms. The number of fused-ring (bicyclic) bond motifs is 1. The van der Waals surface area contributed by atoms with Crippen molar-refractivity contribution in [2.75, 3.05) is 20.1 Å². The zero-order chi connectivity index (χ0) is 27.7.